The molecule has 1 fully saturated rings. The smallest absolute Gasteiger partial charge is 0.126 e. The number of aryl methyl sites for hydroxylation is 1. The fourth-order valence-corrected chi connectivity index (χ4v) is 3.09. The summed E-state index contributed by atoms with van der Waals surface area (Å²) in [5.74, 6) is 1.20. The Morgan fingerprint density at radius 1 is 1.40 bits per heavy atom. The Labute approximate surface area is 119 Å². The molecule has 0 spiro atoms. The molecule has 1 aromatic heterocycles. The number of benzene rings is 1. The lowest BCUT2D eigenvalue weighted by Gasteiger charge is -2.22. The molecule has 2 heterocycles. The van der Waals surface area contributed by atoms with E-state index in [1.54, 1.807) is 12.3 Å². The largest absolute Gasteiger partial charge is 0.469 e. The topological polar surface area (TPSA) is 25.2 Å². The Hall–Kier alpha value is -1.61. The van der Waals surface area contributed by atoms with Gasteiger partial charge in [0, 0.05) is 12.0 Å². The molecule has 2 unspecified atom stereocenters. The van der Waals surface area contributed by atoms with E-state index in [-0.39, 0.29) is 5.82 Å². The van der Waals surface area contributed by atoms with Crippen molar-refractivity contribution in [1.82, 2.24) is 5.32 Å². The van der Waals surface area contributed by atoms with Crippen LogP contribution in [-0.2, 0) is 6.42 Å². The maximum absolute atomic E-state index is 13.4. The van der Waals surface area contributed by atoms with Gasteiger partial charge in [-0.15, -0.1) is 0 Å². The number of rotatable bonds is 4. The van der Waals surface area contributed by atoms with Crippen LogP contribution in [0.15, 0.2) is 41.0 Å². The van der Waals surface area contributed by atoms with Crippen LogP contribution < -0.4 is 5.32 Å². The van der Waals surface area contributed by atoms with Gasteiger partial charge in [0.05, 0.1) is 6.26 Å². The van der Waals surface area contributed by atoms with Gasteiger partial charge in [-0.25, -0.2) is 4.39 Å². The summed E-state index contributed by atoms with van der Waals surface area (Å²) in [6.45, 7) is 2.89. The predicted molar refractivity (Wildman–Crippen MR) is 77.3 cm³/mol. The average Bonchev–Trinajstić information content (AvgIpc) is 3.12. The zero-order valence-corrected chi connectivity index (χ0v) is 11.7. The van der Waals surface area contributed by atoms with Crippen LogP contribution in [0.5, 0.6) is 0 Å². The Balaban J connectivity index is 1.84. The van der Waals surface area contributed by atoms with Gasteiger partial charge in [0.25, 0.3) is 0 Å². The Bertz CT molecular complexity index is 558. The quantitative estimate of drug-likeness (QED) is 0.916. The Morgan fingerprint density at radius 3 is 2.95 bits per heavy atom. The molecule has 1 saturated heterocycles. The van der Waals surface area contributed by atoms with Gasteiger partial charge in [-0.3, -0.25) is 0 Å². The molecule has 0 aliphatic carbocycles. The first-order valence-electron chi connectivity index (χ1n) is 7.26. The zero-order chi connectivity index (χ0) is 13.9. The van der Waals surface area contributed by atoms with Crippen LogP contribution >= 0.6 is 0 Å². The molecule has 2 atom stereocenters. The molecule has 2 aromatic rings. The highest BCUT2D eigenvalue weighted by Crippen LogP contribution is 2.29. The van der Waals surface area contributed by atoms with Gasteiger partial charge in [0.2, 0.25) is 0 Å². The molecule has 1 aromatic carbocycles. The molecule has 1 aliphatic heterocycles. The highest BCUT2D eigenvalue weighted by atomic mass is 19.1. The van der Waals surface area contributed by atoms with E-state index >= 15 is 0 Å². The van der Waals surface area contributed by atoms with E-state index in [0.717, 1.165) is 18.7 Å². The van der Waals surface area contributed by atoms with Gasteiger partial charge in [-0.1, -0.05) is 12.1 Å². The second-order valence-electron chi connectivity index (χ2n) is 5.61. The van der Waals surface area contributed by atoms with Gasteiger partial charge < -0.3 is 9.73 Å². The fraction of sp³-hybridized carbons (Fsp3) is 0.412. The van der Waals surface area contributed by atoms with Crippen molar-refractivity contribution in [3.05, 3.63) is 59.3 Å². The van der Waals surface area contributed by atoms with Crippen molar-refractivity contribution in [2.75, 3.05) is 6.54 Å². The van der Waals surface area contributed by atoms with Crippen molar-refractivity contribution in [1.29, 1.82) is 0 Å². The third kappa shape index (κ3) is 2.78. The van der Waals surface area contributed by atoms with Crippen molar-refractivity contribution in [3.63, 3.8) is 0 Å². The number of hydrogen-bond acceptors (Lipinski definition) is 2. The van der Waals surface area contributed by atoms with Crippen molar-refractivity contribution in [2.45, 2.75) is 38.1 Å². The summed E-state index contributed by atoms with van der Waals surface area (Å²) in [4.78, 5) is 0. The summed E-state index contributed by atoms with van der Waals surface area (Å²) >= 11 is 0. The predicted octanol–water partition coefficient (Wildman–Crippen LogP) is 3.81. The van der Waals surface area contributed by atoms with Crippen LogP contribution in [0.4, 0.5) is 4.39 Å². The van der Waals surface area contributed by atoms with Gasteiger partial charge in [0.1, 0.15) is 11.6 Å². The van der Waals surface area contributed by atoms with E-state index in [1.807, 2.05) is 31.2 Å². The summed E-state index contributed by atoms with van der Waals surface area (Å²) in [7, 11) is 0. The minimum Gasteiger partial charge on any atom is -0.469 e. The van der Waals surface area contributed by atoms with Crippen LogP contribution in [0, 0.1) is 12.7 Å². The second kappa shape index (κ2) is 5.80. The Morgan fingerprint density at radius 2 is 2.30 bits per heavy atom. The molecule has 20 heavy (non-hydrogen) atoms. The summed E-state index contributed by atoms with van der Waals surface area (Å²) in [5, 5.41) is 3.56. The maximum Gasteiger partial charge on any atom is 0.126 e. The summed E-state index contributed by atoms with van der Waals surface area (Å²) in [5.41, 5.74) is 1.87. The first-order chi connectivity index (χ1) is 9.74. The van der Waals surface area contributed by atoms with Crippen molar-refractivity contribution >= 4 is 0 Å². The van der Waals surface area contributed by atoms with Crippen molar-refractivity contribution in [3.8, 4) is 0 Å². The molecule has 1 N–H and O–H groups in total. The van der Waals surface area contributed by atoms with E-state index in [9.17, 15) is 4.39 Å². The summed E-state index contributed by atoms with van der Waals surface area (Å²) in [6, 6.07) is 9.82. The molecule has 3 heteroatoms. The van der Waals surface area contributed by atoms with Crippen LogP contribution in [-0.4, -0.2) is 12.6 Å². The third-order valence-electron chi connectivity index (χ3n) is 4.17. The summed E-state index contributed by atoms with van der Waals surface area (Å²) < 4.78 is 19.0. The molecule has 0 radical (unpaired) electrons. The third-order valence-corrected chi connectivity index (χ3v) is 4.17. The molecule has 3 rings (SSSR count). The molecule has 0 saturated carbocycles. The van der Waals surface area contributed by atoms with Crippen LogP contribution in [0.1, 0.15) is 35.6 Å². The molecule has 0 bridgehead atoms. The normalized spacial score (nSPS) is 20.2. The van der Waals surface area contributed by atoms with Crippen molar-refractivity contribution < 1.29 is 8.81 Å². The molecule has 2 nitrogen and oxygen atoms in total. The lowest BCUT2D eigenvalue weighted by molar-refractivity contribution is 0.394. The van der Waals surface area contributed by atoms with Crippen LogP contribution in [0.3, 0.4) is 0 Å². The summed E-state index contributed by atoms with van der Waals surface area (Å²) in [6.07, 6.45) is 5.00. The lowest BCUT2D eigenvalue weighted by atomic mass is 9.88. The monoisotopic (exact) mass is 273 g/mol. The minimum absolute atomic E-state index is 0.137. The van der Waals surface area contributed by atoms with E-state index < -0.39 is 0 Å². The number of furan rings is 1. The number of nitrogens with one attached hydrogen (secondary N) is 1. The molecule has 106 valence electrons. The number of hydrogen-bond donors (Lipinski definition) is 1. The molecular formula is C17H20FNO. The average molecular weight is 273 g/mol. The molecule has 1 aliphatic rings. The van der Waals surface area contributed by atoms with E-state index in [0.29, 0.717) is 17.5 Å². The lowest BCUT2D eigenvalue weighted by Crippen LogP contribution is -2.30. The Kier molecular flexibility index (Phi) is 3.88. The van der Waals surface area contributed by atoms with Gasteiger partial charge in [-0.05, 0) is 62.1 Å². The molecular weight excluding hydrogens is 253 g/mol. The number of halogens is 1. The first-order valence-corrected chi connectivity index (χ1v) is 7.26. The maximum atomic E-state index is 13.4. The van der Waals surface area contributed by atoms with Crippen LogP contribution in [0.25, 0.3) is 0 Å². The van der Waals surface area contributed by atoms with E-state index in [1.165, 1.54) is 18.4 Å². The highest BCUT2D eigenvalue weighted by Gasteiger charge is 2.28. The van der Waals surface area contributed by atoms with Gasteiger partial charge >= 0.3 is 0 Å². The van der Waals surface area contributed by atoms with E-state index in [2.05, 4.69) is 5.32 Å². The standard InChI is InChI=1S/C17H20FNO/c1-12-10-13(6-7-15(12)18)11-14(16-4-2-8-19-16)17-5-3-9-20-17/h3,5-7,9-10,14,16,19H,2,4,8,11H2,1H3. The van der Waals surface area contributed by atoms with Gasteiger partial charge in [-0.2, -0.15) is 0 Å². The first kappa shape index (κ1) is 13.4. The van der Waals surface area contributed by atoms with Crippen molar-refractivity contribution in [2.24, 2.45) is 0 Å². The van der Waals surface area contributed by atoms with Gasteiger partial charge in [0.15, 0.2) is 0 Å². The SMILES string of the molecule is Cc1cc(CC(c2ccco2)C2CCCN2)ccc1F. The van der Waals surface area contributed by atoms with E-state index in [4.69, 9.17) is 4.42 Å². The second-order valence-corrected chi connectivity index (χ2v) is 5.61. The fourth-order valence-electron chi connectivity index (χ4n) is 3.09. The zero-order valence-electron chi connectivity index (χ0n) is 11.7. The minimum atomic E-state index is -0.137. The molecule has 0 amide bonds. The highest BCUT2D eigenvalue weighted by molar-refractivity contribution is 5.26. The van der Waals surface area contributed by atoms with Crippen LogP contribution in [0.2, 0.25) is 0 Å².